The van der Waals surface area contributed by atoms with Crippen molar-refractivity contribution >= 4 is 17.2 Å². The molecular formula is C16H17N3OS. The molecule has 0 radical (unpaired) electrons. The first-order valence-corrected chi connectivity index (χ1v) is 8.17. The zero-order chi connectivity index (χ0) is 14.2. The lowest BCUT2D eigenvalue weighted by atomic mass is 10.0. The molecule has 3 unspecified atom stereocenters. The van der Waals surface area contributed by atoms with Gasteiger partial charge in [0.2, 0.25) is 0 Å². The molecule has 1 saturated carbocycles. The number of hydrogen-bond donors (Lipinski definition) is 2. The van der Waals surface area contributed by atoms with E-state index in [1.54, 1.807) is 6.20 Å². The van der Waals surface area contributed by atoms with Crippen LogP contribution < -0.4 is 10.6 Å². The topological polar surface area (TPSA) is 54.0 Å². The van der Waals surface area contributed by atoms with Gasteiger partial charge < -0.3 is 10.6 Å². The van der Waals surface area contributed by atoms with Gasteiger partial charge in [0.1, 0.15) is 0 Å². The van der Waals surface area contributed by atoms with Gasteiger partial charge in [0.15, 0.2) is 5.01 Å². The van der Waals surface area contributed by atoms with Gasteiger partial charge in [0, 0.05) is 24.8 Å². The molecule has 3 atom stereocenters. The second-order valence-corrected chi connectivity index (χ2v) is 6.84. The number of rotatable bonds is 3. The van der Waals surface area contributed by atoms with Gasteiger partial charge in [-0.25, -0.2) is 4.98 Å². The Morgan fingerprint density at radius 2 is 2.14 bits per heavy atom. The SMILES string of the molecule is O=C(NC1CC2CC1CN2)c1ncc(-c2ccccc2)s1. The second-order valence-electron chi connectivity index (χ2n) is 5.81. The summed E-state index contributed by atoms with van der Waals surface area (Å²) in [6.45, 7) is 1.03. The van der Waals surface area contributed by atoms with Gasteiger partial charge >= 0.3 is 0 Å². The molecule has 1 aliphatic heterocycles. The fourth-order valence-electron chi connectivity index (χ4n) is 3.36. The molecule has 1 aliphatic carbocycles. The Labute approximate surface area is 127 Å². The Hall–Kier alpha value is -1.72. The molecule has 2 bridgehead atoms. The van der Waals surface area contributed by atoms with Crippen molar-refractivity contribution in [3.8, 4) is 10.4 Å². The number of hydrogen-bond acceptors (Lipinski definition) is 4. The summed E-state index contributed by atoms with van der Waals surface area (Å²) in [4.78, 5) is 17.7. The number of benzene rings is 1. The molecule has 1 aromatic heterocycles. The molecule has 2 aliphatic rings. The summed E-state index contributed by atoms with van der Waals surface area (Å²) in [6, 6.07) is 11.0. The van der Waals surface area contributed by atoms with E-state index >= 15 is 0 Å². The maximum Gasteiger partial charge on any atom is 0.280 e. The fraction of sp³-hybridized carbons (Fsp3) is 0.375. The molecule has 1 saturated heterocycles. The number of amides is 1. The van der Waals surface area contributed by atoms with Crippen molar-refractivity contribution in [1.82, 2.24) is 15.6 Å². The Bertz CT molecular complexity index is 655. The highest BCUT2D eigenvalue weighted by atomic mass is 32.1. The van der Waals surface area contributed by atoms with Crippen molar-refractivity contribution in [2.75, 3.05) is 6.54 Å². The number of nitrogens with one attached hydrogen (secondary N) is 2. The van der Waals surface area contributed by atoms with E-state index in [1.807, 2.05) is 30.3 Å². The van der Waals surface area contributed by atoms with Crippen LogP contribution in [0.3, 0.4) is 0 Å². The summed E-state index contributed by atoms with van der Waals surface area (Å²) in [5, 5.41) is 7.18. The molecule has 1 aromatic carbocycles. The number of thiazole rings is 1. The highest BCUT2D eigenvalue weighted by Crippen LogP contribution is 2.32. The van der Waals surface area contributed by atoms with Crippen molar-refractivity contribution < 1.29 is 4.79 Å². The fourth-order valence-corrected chi connectivity index (χ4v) is 4.18. The Morgan fingerprint density at radius 3 is 2.86 bits per heavy atom. The second kappa shape index (κ2) is 5.24. The van der Waals surface area contributed by atoms with Gasteiger partial charge in [0.05, 0.1) is 4.88 Å². The molecule has 0 spiro atoms. The zero-order valence-corrected chi connectivity index (χ0v) is 12.4. The monoisotopic (exact) mass is 299 g/mol. The minimum atomic E-state index is -0.0280. The molecule has 5 heteroatoms. The summed E-state index contributed by atoms with van der Waals surface area (Å²) < 4.78 is 0. The largest absolute Gasteiger partial charge is 0.347 e. The lowest BCUT2D eigenvalue weighted by Crippen LogP contribution is -2.44. The Balaban J connectivity index is 1.47. The molecule has 4 rings (SSSR count). The number of carbonyl (C=O) groups excluding carboxylic acids is 1. The van der Waals surface area contributed by atoms with Crippen LogP contribution in [0.4, 0.5) is 0 Å². The normalized spacial score (nSPS) is 27.0. The molecule has 21 heavy (non-hydrogen) atoms. The van der Waals surface area contributed by atoms with Crippen LogP contribution in [0.5, 0.6) is 0 Å². The van der Waals surface area contributed by atoms with Crippen molar-refractivity contribution in [3.05, 3.63) is 41.5 Å². The van der Waals surface area contributed by atoms with Crippen LogP contribution >= 0.6 is 11.3 Å². The van der Waals surface area contributed by atoms with E-state index in [2.05, 4.69) is 15.6 Å². The lowest BCUT2D eigenvalue weighted by molar-refractivity contribution is 0.0924. The van der Waals surface area contributed by atoms with E-state index in [-0.39, 0.29) is 5.91 Å². The van der Waals surface area contributed by atoms with Crippen LogP contribution in [0.15, 0.2) is 36.5 Å². The lowest BCUT2D eigenvalue weighted by Gasteiger charge is -2.22. The van der Waals surface area contributed by atoms with Crippen LogP contribution in [-0.4, -0.2) is 29.5 Å². The standard InChI is InChI=1S/C16H17N3OS/c20-15(19-13-7-12-6-11(13)8-17-12)16-18-9-14(21-16)10-4-2-1-3-5-10/h1-5,9,11-13,17H,6-8H2,(H,19,20). The number of piperidine rings is 1. The molecule has 1 amide bonds. The highest BCUT2D eigenvalue weighted by molar-refractivity contribution is 7.16. The summed E-state index contributed by atoms with van der Waals surface area (Å²) in [7, 11) is 0. The third kappa shape index (κ3) is 2.47. The molecular weight excluding hydrogens is 282 g/mol. The van der Waals surface area contributed by atoms with Gasteiger partial charge in [0.25, 0.3) is 5.91 Å². The molecule has 2 heterocycles. The Morgan fingerprint density at radius 1 is 1.29 bits per heavy atom. The molecule has 2 aromatic rings. The van der Waals surface area contributed by atoms with E-state index in [9.17, 15) is 4.79 Å². The van der Waals surface area contributed by atoms with Gasteiger partial charge in [-0.1, -0.05) is 30.3 Å². The van der Waals surface area contributed by atoms with Crippen molar-refractivity contribution in [1.29, 1.82) is 0 Å². The van der Waals surface area contributed by atoms with Crippen LogP contribution in [0, 0.1) is 5.92 Å². The maximum absolute atomic E-state index is 12.3. The molecule has 2 fully saturated rings. The maximum atomic E-state index is 12.3. The first kappa shape index (κ1) is 13.0. The van der Waals surface area contributed by atoms with E-state index in [4.69, 9.17) is 0 Å². The minimum absolute atomic E-state index is 0.0280. The zero-order valence-electron chi connectivity index (χ0n) is 11.6. The van der Waals surface area contributed by atoms with Crippen LogP contribution in [-0.2, 0) is 0 Å². The van der Waals surface area contributed by atoms with Crippen LogP contribution in [0.25, 0.3) is 10.4 Å². The van der Waals surface area contributed by atoms with E-state index in [1.165, 1.54) is 17.8 Å². The molecule has 2 N–H and O–H groups in total. The summed E-state index contributed by atoms with van der Waals surface area (Å²) >= 11 is 1.46. The van der Waals surface area contributed by atoms with Crippen LogP contribution in [0.2, 0.25) is 0 Å². The number of carbonyl (C=O) groups is 1. The van der Waals surface area contributed by atoms with Gasteiger partial charge in [-0.15, -0.1) is 11.3 Å². The predicted molar refractivity (Wildman–Crippen MR) is 83.3 cm³/mol. The van der Waals surface area contributed by atoms with Gasteiger partial charge in [-0.05, 0) is 24.3 Å². The van der Waals surface area contributed by atoms with E-state index < -0.39 is 0 Å². The minimum Gasteiger partial charge on any atom is -0.347 e. The number of fused-ring (bicyclic) bond motifs is 2. The van der Waals surface area contributed by atoms with Crippen LogP contribution in [0.1, 0.15) is 22.6 Å². The molecule has 108 valence electrons. The average Bonchev–Trinajstić information content (AvgIpc) is 3.24. The number of aromatic nitrogens is 1. The third-order valence-electron chi connectivity index (χ3n) is 4.44. The van der Waals surface area contributed by atoms with Crippen molar-refractivity contribution in [2.24, 2.45) is 5.92 Å². The average molecular weight is 299 g/mol. The Kier molecular flexibility index (Phi) is 3.24. The van der Waals surface area contributed by atoms with Gasteiger partial charge in [-0.3, -0.25) is 4.79 Å². The van der Waals surface area contributed by atoms with E-state index in [0.29, 0.717) is 23.0 Å². The van der Waals surface area contributed by atoms with E-state index in [0.717, 1.165) is 23.4 Å². The first-order chi connectivity index (χ1) is 10.3. The van der Waals surface area contributed by atoms with Gasteiger partial charge in [-0.2, -0.15) is 0 Å². The van der Waals surface area contributed by atoms with Crippen molar-refractivity contribution in [2.45, 2.75) is 24.9 Å². The first-order valence-electron chi connectivity index (χ1n) is 7.35. The summed E-state index contributed by atoms with van der Waals surface area (Å²) in [6.07, 6.45) is 4.03. The predicted octanol–water partition coefficient (Wildman–Crippen LogP) is 2.29. The summed E-state index contributed by atoms with van der Waals surface area (Å²) in [5.74, 6) is 0.562. The number of nitrogens with zero attached hydrogens (tertiary/aromatic N) is 1. The highest BCUT2D eigenvalue weighted by Gasteiger charge is 2.40. The van der Waals surface area contributed by atoms with Crippen molar-refractivity contribution in [3.63, 3.8) is 0 Å². The molecule has 4 nitrogen and oxygen atoms in total. The smallest absolute Gasteiger partial charge is 0.280 e. The summed E-state index contributed by atoms with van der Waals surface area (Å²) in [5.41, 5.74) is 1.11. The quantitative estimate of drug-likeness (QED) is 0.914. The third-order valence-corrected chi connectivity index (χ3v) is 5.48.